The van der Waals surface area contributed by atoms with Gasteiger partial charge in [0.15, 0.2) is 17.8 Å². The zero-order valence-corrected chi connectivity index (χ0v) is 10.2. The van der Waals surface area contributed by atoms with Crippen molar-refractivity contribution in [1.29, 1.82) is 0 Å². The Morgan fingerprint density at radius 3 is 2.50 bits per heavy atom. The van der Waals surface area contributed by atoms with Gasteiger partial charge < -0.3 is 15.5 Å². The second kappa shape index (κ2) is 5.51. The van der Waals surface area contributed by atoms with Crippen molar-refractivity contribution in [2.45, 2.75) is 19.0 Å². The second-order valence-electron chi connectivity index (χ2n) is 4.29. The van der Waals surface area contributed by atoms with Crippen LogP contribution in [0.2, 0.25) is 0 Å². The predicted octanol–water partition coefficient (Wildman–Crippen LogP) is 0.806. The van der Waals surface area contributed by atoms with Crippen LogP contribution in [0.1, 0.15) is 24.3 Å². The number of benzene rings is 1. The number of hydrogen-bond donors (Lipinski definition) is 2. The highest BCUT2D eigenvalue weighted by Crippen LogP contribution is 2.18. The Hall–Kier alpha value is -2.07. The number of amides is 1. The van der Waals surface area contributed by atoms with Gasteiger partial charge in [-0.2, -0.15) is 0 Å². The molecule has 1 aromatic carbocycles. The number of hydrogen-bond acceptors (Lipinski definition) is 2. The van der Waals surface area contributed by atoms with Gasteiger partial charge in [-0.1, -0.05) is 30.3 Å². The number of rotatable bonds is 5. The Bertz CT molecular complexity index is 494. The van der Waals surface area contributed by atoms with Crippen LogP contribution in [-0.4, -0.2) is 11.9 Å². The van der Waals surface area contributed by atoms with E-state index in [0.29, 0.717) is 0 Å². The molecule has 4 heteroatoms. The van der Waals surface area contributed by atoms with Gasteiger partial charge in [0.05, 0.1) is 6.26 Å². The van der Waals surface area contributed by atoms with E-state index in [-0.39, 0.29) is 18.0 Å². The fraction of sp³-hybridized carbons (Fsp3) is 0.214. The second-order valence-corrected chi connectivity index (χ2v) is 4.29. The number of carbonyl (C=O) groups is 1. The lowest BCUT2D eigenvalue weighted by Gasteiger charge is -2.16. The van der Waals surface area contributed by atoms with E-state index in [1.807, 2.05) is 47.8 Å². The average Bonchev–Trinajstić information content (AvgIpc) is 2.90. The van der Waals surface area contributed by atoms with Crippen LogP contribution in [-0.2, 0) is 4.79 Å². The number of nitrogens with two attached hydrogens (primary N) is 2. The zero-order chi connectivity index (χ0) is 13.0. The van der Waals surface area contributed by atoms with E-state index in [9.17, 15) is 4.79 Å². The summed E-state index contributed by atoms with van der Waals surface area (Å²) in [5.74, 6) is 0.483. The number of primary amides is 1. The van der Waals surface area contributed by atoms with E-state index in [1.165, 1.54) is 0 Å². The topological polar surface area (TPSA) is 72.8 Å². The third kappa shape index (κ3) is 2.78. The molecule has 18 heavy (non-hydrogen) atoms. The first-order chi connectivity index (χ1) is 8.68. The fourth-order valence-electron chi connectivity index (χ4n) is 1.88. The van der Waals surface area contributed by atoms with E-state index in [4.69, 9.17) is 10.2 Å². The van der Waals surface area contributed by atoms with E-state index in [0.717, 1.165) is 11.3 Å². The Labute approximate surface area is 106 Å². The minimum absolute atomic E-state index is 0.0521. The van der Waals surface area contributed by atoms with Crippen LogP contribution in [0.5, 0.6) is 0 Å². The molecule has 0 fully saturated rings. The molecule has 94 valence electrons. The highest BCUT2D eigenvalue weighted by molar-refractivity contribution is 5.77. The first-order valence-electron chi connectivity index (χ1n) is 5.91. The van der Waals surface area contributed by atoms with Gasteiger partial charge in [0.25, 0.3) is 5.91 Å². The highest BCUT2D eigenvalue weighted by atomic mass is 16.3. The van der Waals surface area contributed by atoms with E-state index < -0.39 is 0 Å². The molecule has 0 radical (unpaired) electrons. The molecule has 0 aliphatic carbocycles. The van der Waals surface area contributed by atoms with Crippen LogP contribution in [0.15, 0.2) is 53.1 Å². The lowest BCUT2D eigenvalue weighted by molar-refractivity contribution is -0.706. The molecule has 0 saturated heterocycles. The summed E-state index contributed by atoms with van der Waals surface area (Å²) in [7, 11) is 0. The lowest BCUT2D eigenvalue weighted by atomic mass is 10.0. The van der Waals surface area contributed by atoms with E-state index in [2.05, 4.69) is 0 Å². The molecule has 0 bridgehead atoms. The van der Waals surface area contributed by atoms with Gasteiger partial charge >= 0.3 is 0 Å². The molecule has 1 heterocycles. The maximum Gasteiger partial charge on any atom is 0.275 e. The molecule has 4 N–H and O–H groups in total. The largest absolute Gasteiger partial charge is 0.463 e. The van der Waals surface area contributed by atoms with Gasteiger partial charge in [-0.15, -0.1) is 0 Å². The van der Waals surface area contributed by atoms with Crippen LogP contribution < -0.4 is 11.1 Å². The van der Waals surface area contributed by atoms with E-state index >= 15 is 0 Å². The Morgan fingerprint density at radius 2 is 1.94 bits per heavy atom. The van der Waals surface area contributed by atoms with Gasteiger partial charge in [0.1, 0.15) is 0 Å². The minimum Gasteiger partial charge on any atom is -0.463 e. The van der Waals surface area contributed by atoms with Crippen molar-refractivity contribution in [3.63, 3.8) is 0 Å². The van der Waals surface area contributed by atoms with Crippen LogP contribution in [0.25, 0.3) is 0 Å². The molecule has 0 aliphatic heterocycles. The van der Waals surface area contributed by atoms with Gasteiger partial charge in [-0.05, 0) is 19.1 Å². The SMILES string of the molecule is C[C@@H]([NH2+][C@@H](c1ccccc1)c1ccco1)C(N)=O. The van der Waals surface area contributed by atoms with Crippen molar-refractivity contribution in [2.75, 3.05) is 0 Å². The summed E-state index contributed by atoms with van der Waals surface area (Å²) in [6.07, 6.45) is 1.63. The molecular formula is C14H17N2O2+. The Balaban J connectivity index is 2.27. The van der Waals surface area contributed by atoms with Crippen LogP contribution >= 0.6 is 0 Å². The van der Waals surface area contributed by atoms with E-state index in [1.54, 1.807) is 13.2 Å². The van der Waals surface area contributed by atoms with Crippen molar-refractivity contribution < 1.29 is 14.5 Å². The molecule has 1 aromatic heterocycles. The van der Waals surface area contributed by atoms with Gasteiger partial charge in [0.2, 0.25) is 0 Å². The number of furan rings is 1. The van der Waals surface area contributed by atoms with Crippen molar-refractivity contribution in [2.24, 2.45) is 5.73 Å². The quantitative estimate of drug-likeness (QED) is 0.818. The number of carbonyl (C=O) groups excluding carboxylic acids is 1. The van der Waals surface area contributed by atoms with Crippen molar-refractivity contribution in [3.05, 3.63) is 60.1 Å². The van der Waals surface area contributed by atoms with Crippen LogP contribution in [0.3, 0.4) is 0 Å². The first kappa shape index (κ1) is 12.4. The van der Waals surface area contributed by atoms with Gasteiger partial charge in [0, 0.05) is 5.56 Å². The molecule has 0 unspecified atom stereocenters. The van der Waals surface area contributed by atoms with Crippen molar-refractivity contribution in [1.82, 2.24) is 0 Å². The maximum absolute atomic E-state index is 11.2. The van der Waals surface area contributed by atoms with Gasteiger partial charge in [-0.3, -0.25) is 4.79 Å². The molecule has 0 spiro atoms. The normalized spacial score (nSPS) is 14.1. The Kier molecular flexibility index (Phi) is 3.79. The summed E-state index contributed by atoms with van der Waals surface area (Å²) in [6.45, 7) is 1.79. The van der Waals surface area contributed by atoms with Crippen LogP contribution in [0, 0.1) is 0 Å². The zero-order valence-electron chi connectivity index (χ0n) is 10.2. The third-order valence-corrected chi connectivity index (χ3v) is 2.94. The third-order valence-electron chi connectivity index (χ3n) is 2.94. The molecule has 1 amide bonds. The summed E-state index contributed by atoms with van der Waals surface area (Å²) in [4.78, 5) is 11.2. The summed E-state index contributed by atoms with van der Waals surface area (Å²) < 4.78 is 5.45. The van der Waals surface area contributed by atoms with Crippen molar-refractivity contribution >= 4 is 5.91 Å². The highest BCUT2D eigenvalue weighted by Gasteiger charge is 2.25. The smallest absolute Gasteiger partial charge is 0.275 e. The maximum atomic E-state index is 11.2. The summed E-state index contributed by atoms with van der Waals surface area (Å²) >= 11 is 0. The molecule has 0 aliphatic rings. The predicted molar refractivity (Wildman–Crippen MR) is 67.6 cm³/mol. The summed E-state index contributed by atoms with van der Waals surface area (Å²) in [6, 6.07) is 13.3. The fourth-order valence-corrected chi connectivity index (χ4v) is 1.88. The van der Waals surface area contributed by atoms with Crippen molar-refractivity contribution in [3.8, 4) is 0 Å². The molecule has 0 saturated carbocycles. The summed E-state index contributed by atoms with van der Waals surface area (Å²) in [5, 5.41) is 1.91. The minimum atomic E-state index is -0.331. The van der Waals surface area contributed by atoms with Crippen LogP contribution in [0.4, 0.5) is 0 Å². The monoisotopic (exact) mass is 245 g/mol. The molecule has 2 atom stereocenters. The average molecular weight is 245 g/mol. The molecule has 2 aromatic rings. The number of quaternary nitrogens is 1. The standard InChI is InChI=1S/C14H16N2O2/c1-10(14(15)17)16-13(12-8-5-9-18-12)11-6-3-2-4-7-11/h2-10,13,16H,1H3,(H2,15,17)/p+1/t10-,13+/m1/s1. The molecule has 2 rings (SSSR count). The Morgan fingerprint density at radius 1 is 1.22 bits per heavy atom. The summed E-state index contributed by atoms with van der Waals surface area (Å²) in [5.41, 5.74) is 6.40. The first-order valence-corrected chi connectivity index (χ1v) is 5.91. The molecule has 4 nitrogen and oxygen atoms in total. The lowest BCUT2D eigenvalue weighted by Crippen LogP contribution is -2.92. The molecular weight excluding hydrogens is 228 g/mol. The van der Waals surface area contributed by atoms with Gasteiger partial charge in [-0.25, -0.2) is 0 Å².